The first-order valence-corrected chi connectivity index (χ1v) is 10.3. The summed E-state index contributed by atoms with van der Waals surface area (Å²) >= 11 is 2.93. The zero-order chi connectivity index (χ0) is 19.3. The predicted octanol–water partition coefficient (Wildman–Crippen LogP) is 5.65. The topological polar surface area (TPSA) is 56.3 Å². The maximum absolute atomic E-state index is 13.0. The van der Waals surface area contributed by atoms with E-state index in [9.17, 15) is 9.59 Å². The molecular formula is C22H15NO3S2. The van der Waals surface area contributed by atoms with Crippen molar-refractivity contribution in [2.24, 2.45) is 0 Å². The zero-order valence-corrected chi connectivity index (χ0v) is 16.3. The Balaban J connectivity index is 1.61. The average Bonchev–Trinajstić information content (AvgIpc) is 3.44. The first-order valence-electron chi connectivity index (χ1n) is 8.57. The number of hydrogen-bond acceptors (Lipinski definition) is 6. The first-order chi connectivity index (χ1) is 13.7. The van der Waals surface area contributed by atoms with Crippen LogP contribution in [-0.2, 0) is 4.74 Å². The van der Waals surface area contributed by atoms with Gasteiger partial charge in [0, 0.05) is 16.5 Å². The van der Waals surface area contributed by atoms with Gasteiger partial charge in [-0.05, 0) is 11.4 Å². The third kappa shape index (κ3) is 3.93. The van der Waals surface area contributed by atoms with E-state index in [1.165, 1.54) is 11.3 Å². The number of carbonyl (C=O) groups excluding carboxylic acids is 2. The van der Waals surface area contributed by atoms with E-state index in [0.717, 1.165) is 9.88 Å². The maximum atomic E-state index is 13.0. The molecule has 0 bridgehead atoms. The maximum Gasteiger partial charge on any atom is 0.358 e. The number of thiazole rings is 1. The van der Waals surface area contributed by atoms with Crippen molar-refractivity contribution >= 4 is 34.4 Å². The highest BCUT2D eigenvalue weighted by atomic mass is 32.1. The molecule has 0 aliphatic heterocycles. The van der Waals surface area contributed by atoms with Crippen molar-refractivity contribution in [1.29, 1.82) is 0 Å². The second kappa shape index (κ2) is 8.29. The molecule has 0 aliphatic rings. The molecule has 2 aromatic carbocycles. The van der Waals surface area contributed by atoms with E-state index in [1.807, 2.05) is 41.8 Å². The van der Waals surface area contributed by atoms with E-state index in [2.05, 4.69) is 4.98 Å². The minimum Gasteiger partial charge on any atom is -0.444 e. The summed E-state index contributed by atoms with van der Waals surface area (Å²) in [6.45, 7) is 0. The molecule has 0 unspecified atom stereocenters. The fourth-order valence-electron chi connectivity index (χ4n) is 2.70. The van der Waals surface area contributed by atoms with Crippen LogP contribution in [0.4, 0.5) is 0 Å². The summed E-state index contributed by atoms with van der Waals surface area (Å²) in [5, 5.41) is 4.37. The van der Waals surface area contributed by atoms with Crippen molar-refractivity contribution in [2.45, 2.75) is 6.10 Å². The lowest BCUT2D eigenvalue weighted by atomic mass is 10.00. The second-order valence-electron chi connectivity index (χ2n) is 5.94. The van der Waals surface area contributed by atoms with Crippen LogP contribution >= 0.6 is 22.7 Å². The minimum atomic E-state index is -1.03. The van der Waals surface area contributed by atoms with Crippen molar-refractivity contribution < 1.29 is 14.3 Å². The lowest BCUT2D eigenvalue weighted by Gasteiger charge is -2.17. The first kappa shape index (κ1) is 18.3. The highest BCUT2D eigenvalue weighted by molar-refractivity contribution is 7.20. The molecule has 0 saturated heterocycles. The van der Waals surface area contributed by atoms with Crippen LogP contribution in [0, 0.1) is 0 Å². The highest BCUT2D eigenvalue weighted by Crippen LogP contribution is 2.29. The molecule has 0 amide bonds. The summed E-state index contributed by atoms with van der Waals surface area (Å²) in [6.07, 6.45) is -1.03. The van der Waals surface area contributed by atoms with Crippen LogP contribution in [0.15, 0.2) is 83.6 Å². The largest absolute Gasteiger partial charge is 0.444 e. The van der Waals surface area contributed by atoms with Crippen molar-refractivity contribution in [2.75, 3.05) is 0 Å². The van der Waals surface area contributed by atoms with Gasteiger partial charge in [0.25, 0.3) is 0 Å². The summed E-state index contributed by atoms with van der Waals surface area (Å²) in [4.78, 5) is 31.1. The SMILES string of the molecule is O=C(O[C@@H](C(=O)c1ccccc1)c1ccccc1)c1csc(-c2cccs2)n1. The van der Waals surface area contributed by atoms with Gasteiger partial charge >= 0.3 is 5.97 Å². The Hall–Kier alpha value is -3.09. The molecule has 0 aliphatic carbocycles. The van der Waals surface area contributed by atoms with Gasteiger partial charge in [-0.1, -0.05) is 66.7 Å². The number of ether oxygens (including phenoxy) is 1. The molecule has 0 spiro atoms. The Bertz CT molecular complexity index is 1070. The summed E-state index contributed by atoms with van der Waals surface area (Å²) < 4.78 is 5.63. The summed E-state index contributed by atoms with van der Waals surface area (Å²) in [5.74, 6) is -0.883. The van der Waals surface area contributed by atoms with Gasteiger partial charge in [-0.25, -0.2) is 9.78 Å². The number of carbonyl (C=O) groups is 2. The monoisotopic (exact) mass is 405 g/mol. The van der Waals surface area contributed by atoms with E-state index < -0.39 is 12.1 Å². The standard InChI is InChI=1S/C22H15NO3S2/c24-19(15-8-3-1-4-9-15)20(16-10-5-2-6-11-16)26-22(25)17-14-28-21(23-17)18-12-7-13-27-18/h1-14,20H/t20-/m1/s1. The van der Waals surface area contributed by atoms with Crippen LogP contribution in [0.5, 0.6) is 0 Å². The van der Waals surface area contributed by atoms with Crippen molar-refractivity contribution in [1.82, 2.24) is 4.98 Å². The van der Waals surface area contributed by atoms with Gasteiger partial charge in [-0.2, -0.15) is 0 Å². The molecule has 138 valence electrons. The number of thiophene rings is 1. The number of hydrogen-bond donors (Lipinski definition) is 0. The van der Waals surface area contributed by atoms with Crippen LogP contribution in [0.1, 0.15) is 32.5 Å². The van der Waals surface area contributed by atoms with E-state index >= 15 is 0 Å². The van der Waals surface area contributed by atoms with Gasteiger partial charge in [0.2, 0.25) is 5.78 Å². The zero-order valence-electron chi connectivity index (χ0n) is 14.6. The number of rotatable bonds is 6. The molecule has 6 heteroatoms. The normalized spacial score (nSPS) is 11.7. The number of Topliss-reactive ketones (excluding diaryl/α,β-unsaturated/α-hetero) is 1. The number of benzene rings is 2. The molecule has 0 radical (unpaired) electrons. The smallest absolute Gasteiger partial charge is 0.358 e. The van der Waals surface area contributed by atoms with Gasteiger partial charge in [-0.3, -0.25) is 4.79 Å². The minimum absolute atomic E-state index is 0.204. The lowest BCUT2D eigenvalue weighted by Crippen LogP contribution is -2.20. The number of esters is 1. The van der Waals surface area contributed by atoms with Gasteiger partial charge in [0.1, 0.15) is 5.01 Å². The Labute approximate surface area is 170 Å². The van der Waals surface area contributed by atoms with Gasteiger partial charge in [0.15, 0.2) is 11.8 Å². The van der Waals surface area contributed by atoms with Crippen LogP contribution in [0.25, 0.3) is 9.88 Å². The van der Waals surface area contributed by atoms with Gasteiger partial charge in [-0.15, -0.1) is 22.7 Å². The molecule has 28 heavy (non-hydrogen) atoms. The molecule has 4 aromatic rings. The summed E-state index contributed by atoms with van der Waals surface area (Å²) in [6, 6.07) is 21.7. The van der Waals surface area contributed by atoms with Crippen molar-refractivity contribution in [3.63, 3.8) is 0 Å². The molecule has 2 aromatic heterocycles. The van der Waals surface area contributed by atoms with Gasteiger partial charge < -0.3 is 4.74 Å². The number of aromatic nitrogens is 1. The average molecular weight is 406 g/mol. The van der Waals surface area contributed by atoms with Gasteiger partial charge in [0.05, 0.1) is 4.88 Å². The molecular weight excluding hydrogens is 390 g/mol. The third-order valence-electron chi connectivity index (χ3n) is 4.07. The van der Waals surface area contributed by atoms with E-state index in [4.69, 9.17) is 4.74 Å². The lowest BCUT2D eigenvalue weighted by molar-refractivity contribution is 0.0275. The van der Waals surface area contributed by atoms with Crippen LogP contribution in [-0.4, -0.2) is 16.7 Å². The second-order valence-corrected chi connectivity index (χ2v) is 7.75. The molecule has 0 saturated carbocycles. The third-order valence-corrected chi connectivity index (χ3v) is 5.95. The van der Waals surface area contributed by atoms with Crippen molar-refractivity contribution in [3.8, 4) is 9.88 Å². The van der Waals surface area contributed by atoms with Crippen LogP contribution in [0.2, 0.25) is 0 Å². The predicted molar refractivity (Wildman–Crippen MR) is 111 cm³/mol. The number of nitrogens with zero attached hydrogens (tertiary/aromatic N) is 1. The highest BCUT2D eigenvalue weighted by Gasteiger charge is 2.27. The molecule has 1 atom stereocenters. The summed E-state index contributed by atoms with van der Waals surface area (Å²) in [5.41, 5.74) is 1.32. The molecule has 0 fully saturated rings. The Kier molecular flexibility index (Phi) is 5.41. The molecule has 4 nitrogen and oxygen atoms in total. The molecule has 0 N–H and O–H groups in total. The van der Waals surface area contributed by atoms with E-state index in [-0.39, 0.29) is 11.5 Å². The quantitative estimate of drug-likeness (QED) is 0.307. The molecule has 4 rings (SSSR count). The Morgan fingerprint density at radius 2 is 1.57 bits per heavy atom. The fraction of sp³-hybridized carbons (Fsp3) is 0.0455. The van der Waals surface area contributed by atoms with E-state index in [1.54, 1.807) is 53.1 Å². The molecule has 2 heterocycles. The Morgan fingerprint density at radius 1 is 0.857 bits per heavy atom. The Morgan fingerprint density at radius 3 is 2.25 bits per heavy atom. The van der Waals surface area contributed by atoms with Crippen LogP contribution in [0.3, 0.4) is 0 Å². The fourth-order valence-corrected chi connectivity index (χ4v) is 4.31. The van der Waals surface area contributed by atoms with Crippen molar-refractivity contribution in [3.05, 3.63) is 100 Å². The summed E-state index contributed by atoms with van der Waals surface area (Å²) in [7, 11) is 0. The number of ketones is 1. The van der Waals surface area contributed by atoms with E-state index in [0.29, 0.717) is 11.1 Å². The van der Waals surface area contributed by atoms with Crippen LogP contribution < -0.4 is 0 Å².